The number of anilines is 1. The number of aryl methyl sites for hydroxylation is 1. The van der Waals surface area contributed by atoms with Gasteiger partial charge in [-0.05, 0) is 41.5 Å². The lowest BCUT2D eigenvalue weighted by atomic mass is 10.1. The molecule has 6 heteroatoms. The van der Waals surface area contributed by atoms with Crippen LogP contribution in [0.5, 0.6) is 0 Å². The van der Waals surface area contributed by atoms with E-state index in [0.29, 0.717) is 22.9 Å². The van der Waals surface area contributed by atoms with Crippen molar-refractivity contribution < 1.29 is 9.00 Å². The number of fused-ring (bicyclic) bond motifs is 2. The van der Waals surface area contributed by atoms with Gasteiger partial charge in [0, 0.05) is 21.9 Å². The summed E-state index contributed by atoms with van der Waals surface area (Å²) in [5, 5.41) is 9.82. The molecule has 5 rings (SSSR count). The van der Waals surface area contributed by atoms with Crippen molar-refractivity contribution in [3.05, 3.63) is 89.1 Å². The Kier molecular flexibility index (Phi) is 4.28. The molecule has 1 aliphatic heterocycles. The van der Waals surface area contributed by atoms with Crippen LogP contribution in [-0.4, -0.2) is 19.9 Å². The zero-order valence-electron chi connectivity index (χ0n) is 15.9. The molecule has 2 heterocycles. The van der Waals surface area contributed by atoms with E-state index in [2.05, 4.69) is 10.4 Å². The lowest BCUT2D eigenvalue weighted by Crippen LogP contribution is -2.17. The summed E-state index contributed by atoms with van der Waals surface area (Å²) in [5.74, 6) is 1.24. The number of nitrogens with one attached hydrogen (secondary N) is 1. The van der Waals surface area contributed by atoms with E-state index in [1.54, 1.807) is 4.68 Å². The van der Waals surface area contributed by atoms with Crippen molar-refractivity contribution in [2.24, 2.45) is 0 Å². The molecule has 144 valence electrons. The van der Waals surface area contributed by atoms with Crippen LogP contribution in [0.1, 0.15) is 27.2 Å². The van der Waals surface area contributed by atoms with Gasteiger partial charge < -0.3 is 5.32 Å². The number of para-hydroxylation sites is 1. The smallest absolute Gasteiger partial charge is 0.256 e. The van der Waals surface area contributed by atoms with Crippen LogP contribution in [0.3, 0.4) is 0 Å². The zero-order chi connectivity index (χ0) is 20.0. The number of carbonyl (C=O) groups excluding carboxylic acids is 1. The fraction of sp³-hybridized carbons (Fsp3) is 0.130. The highest BCUT2D eigenvalue weighted by atomic mass is 32.2. The molecule has 1 N–H and O–H groups in total. The third-order valence-electron chi connectivity index (χ3n) is 5.26. The van der Waals surface area contributed by atoms with Crippen LogP contribution >= 0.6 is 0 Å². The van der Waals surface area contributed by atoms with Gasteiger partial charge in [0.05, 0.1) is 22.9 Å². The van der Waals surface area contributed by atoms with Crippen LogP contribution in [-0.2, 0) is 22.3 Å². The van der Waals surface area contributed by atoms with E-state index in [1.807, 2.05) is 73.7 Å². The summed E-state index contributed by atoms with van der Waals surface area (Å²) in [6, 6.07) is 21.5. The van der Waals surface area contributed by atoms with Gasteiger partial charge >= 0.3 is 0 Å². The summed E-state index contributed by atoms with van der Waals surface area (Å²) in [4.78, 5) is 13.1. The van der Waals surface area contributed by atoms with E-state index < -0.39 is 10.8 Å². The maximum Gasteiger partial charge on any atom is 0.256 e. The van der Waals surface area contributed by atoms with E-state index in [1.165, 1.54) is 0 Å². The molecule has 0 bridgehead atoms. The molecule has 5 nitrogen and oxygen atoms in total. The summed E-state index contributed by atoms with van der Waals surface area (Å²) in [7, 11) is -0.974. The average Bonchev–Trinajstić information content (AvgIpc) is 3.25. The minimum absolute atomic E-state index is 0.203. The highest BCUT2D eigenvalue weighted by Crippen LogP contribution is 2.32. The maximum absolute atomic E-state index is 13.1. The fourth-order valence-electron chi connectivity index (χ4n) is 3.74. The molecule has 0 radical (unpaired) electrons. The van der Waals surface area contributed by atoms with Gasteiger partial charge in [0.15, 0.2) is 0 Å². The Bertz CT molecular complexity index is 1290. The van der Waals surface area contributed by atoms with Crippen molar-refractivity contribution in [2.75, 3.05) is 5.32 Å². The minimum Gasteiger partial charge on any atom is -0.306 e. The maximum atomic E-state index is 13.1. The van der Waals surface area contributed by atoms with E-state index in [9.17, 15) is 9.00 Å². The molecule has 1 atom stereocenters. The Morgan fingerprint density at radius 3 is 2.59 bits per heavy atom. The average molecular weight is 401 g/mol. The first-order valence-corrected chi connectivity index (χ1v) is 10.9. The van der Waals surface area contributed by atoms with E-state index in [-0.39, 0.29) is 5.91 Å². The molecule has 0 spiro atoms. The van der Waals surface area contributed by atoms with Crippen LogP contribution < -0.4 is 5.32 Å². The Morgan fingerprint density at radius 1 is 1.00 bits per heavy atom. The summed E-state index contributed by atoms with van der Waals surface area (Å²) in [5.41, 5.74) is 4.19. The molecule has 0 aliphatic carbocycles. The SMILES string of the molecule is Cc1ccccc1-n1nc2c(c1NC(=O)c1ccc3ccccc3c1)CS(=O)C2. The third kappa shape index (κ3) is 3.15. The predicted octanol–water partition coefficient (Wildman–Crippen LogP) is 4.35. The lowest BCUT2D eigenvalue weighted by Gasteiger charge is -2.13. The Hall–Kier alpha value is -3.25. The Balaban J connectivity index is 1.57. The van der Waals surface area contributed by atoms with Crippen molar-refractivity contribution in [3.8, 4) is 5.69 Å². The van der Waals surface area contributed by atoms with Gasteiger partial charge in [-0.25, -0.2) is 4.68 Å². The number of hydrogen-bond acceptors (Lipinski definition) is 3. The van der Waals surface area contributed by atoms with Crippen LogP contribution in [0, 0.1) is 6.92 Å². The number of amides is 1. The highest BCUT2D eigenvalue weighted by Gasteiger charge is 2.28. The lowest BCUT2D eigenvalue weighted by molar-refractivity contribution is 0.102. The van der Waals surface area contributed by atoms with E-state index in [0.717, 1.165) is 33.3 Å². The van der Waals surface area contributed by atoms with Gasteiger partial charge in [-0.2, -0.15) is 5.10 Å². The fourth-order valence-corrected chi connectivity index (χ4v) is 5.01. The number of aromatic nitrogens is 2. The molecule has 0 fully saturated rings. The molecule has 4 aromatic rings. The second kappa shape index (κ2) is 6.97. The van der Waals surface area contributed by atoms with E-state index >= 15 is 0 Å². The third-order valence-corrected chi connectivity index (χ3v) is 6.46. The summed E-state index contributed by atoms with van der Waals surface area (Å²) < 4.78 is 13.9. The van der Waals surface area contributed by atoms with Gasteiger partial charge in [-0.1, -0.05) is 48.5 Å². The Morgan fingerprint density at radius 2 is 1.76 bits per heavy atom. The quantitative estimate of drug-likeness (QED) is 0.555. The topological polar surface area (TPSA) is 64.0 Å². The largest absolute Gasteiger partial charge is 0.306 e. The van der Waals surface area contributed by atoms with Gasteiger partial charge in [0.1, 0.15) is 5.82 Å². The summed E-state index contributed by atoms with van der Waals surface area (Å²) >= 11 is 0. The van der Waals surface area contributed by atoms with E-state index in [4.69, 9.17) is 0 Å². The molecular formula is C23H19N3O2S. The number of hydrogen-bond donors (Lipinski definition) is 1. The standard InChI is InChI=1S/C23H19N3O2S/c1-15-6-2-5-9-21(15)26-22(19-13-29(28)14-20(19)25-26)24-23(27)18-11-10-16-7-3-4-8-17(16)12-18/h2-12H,13-14H2,1H3,(H,24,27). The van der Waals surface area contributed by atoms with Crippen molar-refractivity contribution in [1.29, 1.82) is 0 Å². The van der Waals surface area contributed by atoms with Crippen molar-refractivity contribution in [3.63, 3.8) is 0 Å². The van der Waals surface area contributed by atoms with Gasteiger partial charge in [-0.3, -0.25) is 9.00 Å². The van der Waals surface area contributed by atoms with Gasteiger partial charge in [0.25, 0.3) is 5.91 Å². The molecule has 1 unspecified atom stereocenters. The Labute approximate surface area is 170 Å². The van der Waals surface area contributed by atoms with Gasteiger partial charge in [-0.15, -0.1) is 0 Å². The second-order valence-electron chi connectivity index (χ2n) is 7.22. The van der Waals surface area contributed by atoms with Crippen LogP contribution in [0.4, 0.5) is 5.82 Å². The first-order chi connectivity index (χ1) is 14.1. The molecule has 1 amide bonds. The molecule has 3 aromatic carbocycles. The highest BCUT2D eigenvalue weighted by molar-refractivity contribution is 7.83. The van der Waals surface area contributed by atoms with Crippen LogP contribution in [0.2, 0.25) is 0 Å². The first-order valence-electron chi connectivity index (χ1n) is 9.42. The minimum atomic E-state index is -0.974. The monoisotopic (exact) mass is 401 g/mol. The van der Waals surface area contributed by atoms with Crippen molar-refractivity contribution in [1.82, 2.24) is 9.78 Å². The molecule has 0 saturated carbocycles. The van der Waals surface area contributed by atoms with Crippen LogP contribution in [0.15, 0.2) is 66.7 Å². The number of benzene rings is 3. The number of nitrogens with zero attached hydrogens (tertiary/aromatic N) is 2. The normalized spacial score (nSPS) is 15.4. The number of rotatable bonds is 3. The van der Waals surface area contributed by atoms with Crippen molar-refractivity contribution >= 4 is 33.3 Å². The predicted molar refractivity (Wildman–Crippen MR) is 116 cm³/mol. The molecule has 29 heavy (non-hydrogen) atoms. The first kappa shape index (κ1) is 17.8. The summed E-state index contributed by atoms with van der Waals surface area (Å²) in [6.07, 6.45) is 0. The van der Waals surface area contributed by atoms with Crippen molar-refractivity contribution in [2.45, 2.75) is 18.4 Å². The number of carbonyl (C=O) groups is 1. The molecule has 0 saturated heterocycles. The summed E-state index contributed by atoms with van der Waals surface area (Å²) in [6.45, 7) is 2.01. The van der Waals surface area contributed by atoms with Gasteiger partial charge in [0.2, 0.25) is 0 Å². The molecule has 1 aliphatic rings. The second-order valence-corrected chi connectivity index (χ2v) is 8.67. The molecule has 1 aromatic heterocycles. The van der Waals surface area contributed by atoms with Crippen LogP contribution in [0.25, 0.3) is 16.5 Å². The zero-order valence-corrected chi connectivity index (χ0v) is 16.7. The molecular weight excluding hydrogens is 382 g/mol.